The predicted octanol–water partition coefficient (Wildman–Crippen LogP) is 1.62. The van der Waals surface area contributed by atoms with E-state index in [1.165, 1.54) is 11.3 Å². The standard InChI is InChI=1S/C13H16N4OS2/c1-15-13(11(14)18,10-5-3-2-4-6-10)7-8-19-12-17-16-9-20-12/h2-6,9,15H,7-8H2,1H3,(H2,14,18). The van der Waals surface area contributed by atoms with Crippen molar-refractivity contribution >= 4 is 29.0 Å². The molecule has 1 aromatic heterocycles. The number of carbonyl (C=O) groups is 1. The van der Waals surface area contributed by atoms with Crippen LogP contribution in [0.1, 0.15) is 12.0 Å². The van der Waals surface area contributed by atoms with Crippen LogP contribution in [-0.4, -0.2) is 28.9 Å². The number of carbonyl (C=O) groups excluding carboxylic acids is 1. The van der Waals surface area contributed by atoms with E-state index in [1.54, 1.807) is 24.3 Å². The number of hydrogen-bond donors (Lipinski definition) is 2. The molecule has 0 aliphatic heterocycles. The fourth-order valence-corrected chi connectivity index (χ4v) is 3.66. The average molecular weight is 308 g/mol. The summed E-state index contributed by atoms with van der Waals surface area (Å²) in [7, 11) is 1.76. The topological polar surface area (TPSA) is 80.9 Å². The van der Waals surface area contributed by atoms with Crippen LogP contribution in [0, 0.1) is 0 Å². The number of amides is 1. The molecule has 5 nitrogen and oxygen atoms in total. The monoisotopic (exact) mass is 308 g/mol. The van der Waals surface area contributed by atoms with Gasteiger partial charge in [-0.1, -0.05) is 53.4 Å². The van der Waals surface area contributed by atoms with Crippen molar-refractivity contribution in [3.8, 4) is 0 Å². The van der Waals surface area contributed by atoms with Gasteiger partial charge in [0.15, 0.2) is 4.34 Å². The van der Waals surface area contributed by atoms with Gasteiger partial charge in [0.1, 0.15) is 11.0 Å². The molecule has 2 rings (SSSR count). The Bertz CT molecular complexity index is 547. The summed E-state index contributed by atoms with van der Waals surface area (Å²) in [5.74, 6) is 0.359. The van der Waals surface area contributed by atoms with E-state index in [4.69, 9.17) is 5.73 Å². The number of nitrogens with two attached hydrogens (primary N) is 1. The van der Waals surface area contributed by atoms with Gasteiger partial charge in [0.2, 0.25) is 5.91 Å². The Morgan fingerprint density at radius 1 is 1.45 bits per heavy atom. The minimum absolute atomic E-state index is 0.371. The largest absolute Gasteiger partial charge is 0.368 e. The van der Waals surface area contributed by atoms with Crippen molar-refractivity contribution in [2.24, 2.45) is 5.73 Å². The number of nitrogens with one attached hydrogen (secondary N) is 1. The van der Waals surface area contributed by atoms with Crippen LogP contribution < -0.4 is 11.1 Å². The molecule has 1 heterocycles. The lowest BCUT2D eigenvalue weighted by atomic mass is 9.86. The van der Waals surface area contributed by atoms with Crippen molar-refractivity contribution in [2.45, 2.75) is 16.3 Å². The summed E-state index contributed by atoms with van der Waals surface area (Å²) in [6, 6.07) is 9.55. The van der Waals surface area contributed by atoms with E-state index in [0.29, 0.717) is 6.42 Å². The smallest absolute Gasteiger partial charge is 0.242 e. The van der Waals surface area contributed by atoms with Crippen LogP contribution in [0.3, 0.4) is 0 Å². The first-order valence-corrected chi connectivity index (χ1v) is 7.99. The normalized spacial score (nSPS) is 13.8. The van der Waals surface area contributed by atoms with E-state index >= 15 is 0 Å². The zero-order chi connectivity index (χ0) is 14.4. The number of aromatic nitrogens is 2. The Hall–Kier alpha value is -1.44. The van der Waals surface area contributed by atoms with Crippen molar-refractivity contribution in [1.29, 1.82) is 0 Å². The highest BCUT2D eigenvalue weighted by molar-refractivity contribution is 8.00. The number of thioether (sulfide) groups is 1. The fraction of sp³-hybridized carbons (Fsp3) is 0.308. The number of nitrogens with zero attached hydrogens (tertiary/aromatic N) is 2. The van der Waals surface area contributed by atoms with Gasteiger partial charge in [0.05, 0.1) is 0 Å². The molecule has 7 heteroatoms. The Labute approximate surface area is 126 Å². The second-order valence-corrected chi connectivity index (χ2v) is 6.36. The first-order valence-electron chi connectivity index (χ1n) is 6.12. The summed E-state index contributed by atoms with van der Waals surface area (Å²) in [4.78, 5) is 12.0. The minimum atomic E-state index is -0.848. The molecule has 1 unspecified atom stereocenters. The lowest BCUT2D eigenvalue weighted by molar-refractivity contribution is -0.124. The van der Waals surface area contributed by atoms with Gasteiger partial charge in [0.25, 0.3) is 0 Å². The van der Waals surface area contributed by atoms with Gasteiger partial charge in [-0.25, -0.2) is 0 Å². The summed E-state index contributed by atoms with van der Waals surface area (Å²) < 4.78 is 0.896. The Balaban J connectivity index is 2.13. The van der Waals surface area contributed by atoms with Gasteiger partial charge in [-0.3, -0.25) is 4.79 Å². The zero-order valence-electron chi connectivity index (χ0n) is 11.1. The van der Waals surface area contributed by atoms with E-state index in [1.807, 2.05) is 30.3 Å². The summed E-state index contributed by atoms with van der Waals surface area (Å²) in [6.07, 6.45) is 0.590. The lowest BCUT2D eigenvalue weighted by Gasteiger charge is -2.30. The number of rotatable bonds is 7. The quantitative estimate of drug-likeness (QED) is 0.760. The number of likely N-dealkylation sites (N-methyl/N-ethyl adjacent to an activating group) is 1. The third kappa shape index (κ3) is 3.17. The van der Waals surface area contributed by atoms with E-state index < -0.39 is 5.54 Å². The van der Waals surface area contributed by atoms with E-state index in [9.17, 15) is 4.79 Å². The van der Waals surface area contributed by atoms with Crippen LogP contribution in [0.15, 0.2) is 40.2 Å². The van der Waals surface area contributed by atoms with Gasteiger partial charge >= 0.3 is 0 Å². The highest BCUT2D eigenvalue weighted by atomic mass is 32.2. The summed E-state index contributed by atoms with van der Waals surface area (Å²) in [5, 5.41) is 10.9. The van der Waals surface area contributed by atoms with Crippen molar-refractivity contribution in [2.75, 3.05) is 12.8 Å². The van der Waals surface area contributed by atoms with Gasteiger partial charge < -0.3 is 11.1 Å². The molecule has 1 atom stereocenters. The molecular formula is C13H16N4OS2. The summed E-state index contributed by atoms with van der Waals surface area (Å²) >= 11 is 3.07. The van der Waals surface area contributed by atoms with Crippen LogP contribution in [-0.2, 0) is 10.3 Å². The molecule has 0 saturated carbocycles. The molecule has 3 N–H and O–H groups in total. The molecule has 1 aromatic carbocycles. The van der Waals surface area contributed by atoms with Crippen molar-refractivity contribution in [3.05, 3.63) is 41.4 Å². The van der Waals surface area contributed by atoms with Crippen LogP contribution in [0.25, 0.3) is 0 Å². The van der Waals surface area contributed by atoms with E-state index in [-0.39, 0.29) is 5.91 Å². The van der Waals surface area contributed by atoms with Crippen LogP contribution in [0.5, 0.6) is 0 Å². The van der Waals surface area contributed by atoms with E-state index in [2.05, 4.69) is 15.5 Å². The van der Waals surface area contributed by atoms with Crippen LogP contribution >= 0.6 is 23.1 Å². The third-order valence-electron chi connectivity index (χ3n) is 3.16. The molecule has 0 aliphatic carbocycles. The minimum Gasteiger partial charge on any atom is -0.368 e. The predicted molar refractivity (Wildman–Crippen MR) is 81.6 cm³/mol. The molecular weight excluding hydrogens is 292 g/mol. The van der Waals surface area contributed by atoms with Crippen LogP contribution in [0.4, 0.5) is 0 Å². The van der Waals surface area contributed by atoms with Gasteiger partial charge in [-0.15, -0.1) is 10.2 Å². The number of hydrogen-bond acceptors (Lipinski definition) is 6. The second-order valence-electron chi connectivity index (χ2n) is 4.19. The molecule has 0 radical (unpaired) electrons. The molecule has 0 aliphatic rings. The third-order valence-corrected chi connectivity index (χ3v) is 5.02. The first kappa shape index (κ1) is 15.0. The van der Waals surface area contributed by atoms with Crippen molar-refractivity contribution in [1.82, 2.24) is 15.5 Å². The Morgan fingerprint density at radius 3 is 2.75 bits per heavy atom. The van der Waals surface area contributed by atoms with E-state index in [0.717, 1.165) is 15.7 Å². The molecule has 0 spiro atoms. The average Bonchev–Trinajstić information content (AvgIpc) is 2.97. The number of primary amides is 1. The van der Waals surface area contributed by atoms with Crippen molar-refractivity contribution in [3.63, 3.8) is 0 Å². The molecule has 0 saturated heterocycles. The molecule has 0 bridgehead atoms. The SMILES string of the molecule is CNC(CCSc1nncs1)(C(N)=O)c1ccccc1. The maximum Gasteiger partial charge on any atom is 0.242 e. The summed E-state index contributed by atoms with van der Waals surface area (Å²) in [6.45, 7) is 0. The molecule has 2 aromatic rings. The zero-order valence-corrected chi connectivity index (χ0v) is 12.7. The fourth-order valence-electron chi connectivity index (χ4n) is 2.04. The number of benzene rings is 1. The Kier molecular flexibility index (Phi) is 5.11. The molecule has 1 amide bonds. The highest BCUT2D eigenvalue weighted by Gasteiger charge is 2.36. The maximum atomic E-state index is 12.0. The Morgan fingerprint density at radius 2 is 2.20 bits per heavy atom. The van der Waals surface area contributed by atoms with Crippen molar-refractivity contribution < 1.29 is 4.79 Å². The van der Waals surface area contributed by atoms with Gasteiger partial charge in [-0.2, -0.15) is 0 Å². The van der Waals surface area contributed by atoms with Gasteiger partial charge in [0, 0.05) is 5.75 Å². The summed E-state index contributed by atoms with van der Waals surface area (Å²) in [5.41, 5.74) is 7.37. The molecule has 0 fully saturated rings. The molecule has 106 valence electrons. The van der Waals surface area contributed by atoms with Crippen LogP contribution in [0.2, 0.25) is 0 Å². The first-order chi connectivity index (χ1) is 9.69. The molecule has 20 heavy (non-hydrogen) atoms. The lowest BCUT2D eigenvalue weighted by Crippen LogP contribution is -2.51. The highest BCUT2D eigenvalue weighted by Crippen LogP contribution is 2.29. The maximum absolute atomic E-state index is 12.0. The van der Waals surface area contributed by atoms with Gasteiger partial charge in [-0.05, 0) is 19.0 Å². The second kappa shape index (κ2) is 6.83.